The van der Waals surface area contributed by atoms with Gasteiger partial charge in [0.05, 0.1) is 12.1 Å². The van der Waals surface area contributed by atoms with Gasteiger partial charge in [0.15, 0.2) is 0 Å². The summed E-state index contributed by atoms with van der Waals surface area (Å²) in [5.74, 6) is 1.24. The van der Waals surface area contributed by atoms with Crippen molar-refractivity contribution in [3.63, 3.8) is 0 Å². The zero-order chi connectivity index (χ0) is 11.4. The first-order valence-electron chi connectivity index (χ1n) is 4.91. The number of para-hydroxylation sites is 1. The molecular formula is C11H12ClN3O. The van der Waals surface area contributed by atoms with Crippen LogP contribution in [0, 0.1) is 0 Å². The third-order valence-electron chi connectivity index (χ3n) is 2.14. The molecule has 1 heterocycles. The van der Waals surface area contributed by atoms with E-state index in [1.54, 1.807) is 4.68 Å². The number of aromatic nitrogens is 3. The predicted octanol–water partition coefficient (Wildman–Crippen LogP) is 2.13. The van der Waals surface area contributed by atoms with Gasteiger partial charge in [-0.15, -0.1) is 16.7 Å². The van der Waals surface area contributed by atoms with Gasteiger partial charge >= 0.3 is 0 Å². The number of nitrogens with zero attached hydrogens (tertiary/aromatic N) is 3. The van der Waals surface area contributed by atoms with Gasteiger partial charge in [-0.1, -0.05) is 23.4 Å². The highest BCUT2D eigenvalue weighted by atomic mass is 35.5. The number of hydrogen-bond acceptors (Lipinski definition) is 3. The minimum absolute atomic E-state index is 0.405. The Morgan fingerprint density at radius 1 is 1.38 bits per heavy atom. The third kappa shape index (κ3) is 2.52. The summed E-state index contributed by atoms with van der Waals surface area (Å²) in [6, 6.07) is 7.70. The van der Waals surface area contributed by atoms with Crippen molar-refractivity contribution in [3.8, 4) is 5.75 Å². The number of alkyl halides is 1. The Labute approximate surface area is 98.8 Å². The molecule has 4 nitrogen and oxygen atoms in total. The maximum atomic E-state index is 5.81. The topological polar surface area (TPSA) is 39.9 Å². The molecule has 0 atom stereocenters. The second kappa shape index (κ2) is 4.99. The molecule has 0 fully saturated rings. The molecule has 0 unspecified atom stereocenters. The van der Waals surface area contributed by atoms with Crippen molar-refractivity contribution in [1.29, 1.82) is 0 Å². The van der Waals surface area contributed by atoms with Gasteiger partial charge in [0.1, 0.15) is 18.1 Å². The lowest BCUT2D eigenvalue weighted by atomic mass is 10.2. The van der Waals surface area contributed by atoms with Crippen LogP contribution < -0.4 is 4.74 Å². The summed E-state index contributed by atoms with van der Waals surface area (Å²) in [6.07, 6.45) is 1.82. The van der Waals surface area contributed by atoms with Crippen molar-refractivity contribution in [2.75, 3.05) is 0 Å². The molecule has 5 heteroatoms. The van der Waals surface area contributed by atoms with Crippen LogP contribution in [0.5, 0.6) is 5.75 Å². The second-order valence-electron chi connectivity index (χ2n) is 3.41. The van der Waals surface area contributed by atoms with Crippen molar-refractivity contribution in [2.45, 2.75) is 12.5 Å². The summed E-state index contributed by atoms with van der Waals surface area (Å²) in [6.45, 7) is 0.405. The first-order chi connectivity index (χ1) is 7.79. The average Bonchev–Trinajstić information content (AvgIpc) is 2.73. The minimum atomic E-state index is 0.405. The predicted molar refractivity (Wildman–Crippen MR) is 61.3 cm³/mol. The average molecular weight is 238 g/mol. The molecule has 84 valence electrons. The van der Waals surface area contributed by atoms with Gasteiger partial charge in [-0.3, -0.25) is 4.68 Å². The van der Waals surface area contributed by atoms with Crippen LogP contribution in [-0.2, 0) is 19.5 Å². The fraction of sp³-hybridized carbons (Fsp3) is 0.273. The van der Waals surface area contributed by atoms with Crippen LogP contribution in [0.15, 0.2) is 30.5 Å². The summed E-state index contributed by atoms with van der Waals surface area (Å²) < 4.78 is 7.27. The lowest BCUT2D eigenvalue weighted by Gasteiger charge is -2.07. The van der Waals surface area contributed by atoms with Crippen LogP contribution >= 0.6 is 11.6 Å². The van der Waals surface area contributed by atoms with E-state index in [9.17, 15) is 0 Å². The highest BCUT2D eigenvalue weighted by Crippen LogP contribution is 2.20. The van der Waals surface area contributed by atoms with Gasteiger partial charge in [-0.05, 0) is 6.07 Å². The Kier molecular flexibility index (Phi) is 3.41. The molecule has 1 aromatic carbocycles. The standard InChI is InChI=1S/C11H12ClN3O/c1-15-7-10(13-14-15)8-16-11-5-3-2-4-9(11)6-12/h2-5,7H,6,8H2,1H3. The van der Waals surface area contributed by atoms with Crippen LogP contribution in [0.4, 0.5) is 0 Å². The number of hydrogen-bond donors (Lipinski definition) is 0. The number of ether oxygens (including phenoxy) is 1. The Balaban J connectivity index is 2.04. The maximum absolute atomic E-state index is 5.81. The van der Waals surface area contributed by atoms with E-state index in [1.165, 1.54) is 0 Å². The van der Waals surface area contributed by atoms with Gasteiger partial charge in [-0.2, -0.15) is 0 Å². The highest BCUT2D eigenvalue weighted by molar-refractivity contribution is 6.17. The molecule has 2 aromatic rings. The van der Waals surface area contributed by atoms with Crippen LogP contribution in [0.3, 0.4) is 0 Å². The molecule has 2 rings (SSSR count). The van der Waals surface area contributed by atoms with Crippen LogP contribution in [-0.4, -0.2) is 15.0 Å². The molecule has 0 saturated carbocycles. The van der Waals surface area contributed by atoms with Crippen molar-refractivity contribution in [3.05, 3.63) is 41.7 Å². The lowest BCUT2D eigenvalue weighted by Crippen LogP contribution is -1.98. The first kappa shape index (κ1) is 11.0. The van der Waals surface area contributed by atoms with Crippen molar-refractivity contribution >= 4 is 11.6 Å². The fourth-order valence-corrected chi connectivity index (χ4v) is 1.59. The summed E-state index contributed by atoms with van der Waals surface area (Å²) in [5, 5.41) is 7.77. The van der Waals surface area contributed by atoms with E-state index >= 15 is 0 Å². The number of rotatable bonds is 4. The van der Waals surface area contributed by atoms with Crippen molar-refractivity contribution < 1.29 is 4.74 Å². The maximum Gasteiger partial charge on any atom is 0.134 e. The number of aryl methyl sites for hydroxylation is 1. The van der Waals surface area contributed by atoms with Crippen molar-refractivity contribution in [2.24, 2.45) is 7.05 Å². The Morgan fingerprint density at radius 3 is 2.88 bits per heavy atom. The molecule has 1 aromatic heterocycles. The Bertz CT molecular complexity index is 470. The van der Waals surface area contributed by atoms with Crippen molar-refractivity contribution in [1.82, 2.24) is 15.0 Å². The van der Waals surface area contributed by atoms with E-state index in [2.05, 4.69) is 10.3 Å². The molecule has 0 aliphatic heterocycles. The smallest absolute Gasteiger partial charge is 0.134 e. The molecule has 0 aliphatic rings. The van der Waals surface area contributed by atoms with E-state index in [0.29, 0.717) is 12.5 Å². The molecule has 0 spiro atoms. The lowest BCUT2D eigenvalue weighted by molar-refractivity contribution is 0.299. The van der Waals surface area contributed by atoms with Crippen LogP contribution in [0.2, 0.25) is 0 Å². The Hall–Kier alpha value is -1.55. The molecule has 0 N–H and O–H groups in total. The molecule has 0 radical (unpaired) electrons. The zero-order valence-electron chi connectivity index (χ0n) is 8.93. The molecular weight excluding hydrogens is 226 g/mol. The Morgan fingerprint density at radius 2 is 2.19 bits per heavy atom. The second-order valence-corrected chi connectivity index (χ2v) is 3.68. The van der Waals surface area contributed by atoms with Gasteiger partial charge in [-0.25, -0.2) is 0 Å². The highest BCUT2D eigenvalue weighted by Gasteiger charge is 2.03. The monoisotopic (exact) mass is 237 g/mol. The summed E-state index contributed by atoms with van der Waals surface area (Å²) in [5.41, 5.74) is 1.78. The largest absolute Gasteiger partial charge is 0.487 e. The minimum Gasteiger partial charge on any atom is -0.487 e. The number of halogens is 1. The fourth-order valence-electron chi connectivity index (χ4n) is 1.37. The van der Waals surface area contributed by atoms with E-state index in [4.69, 9.17) is 16.3 Å². The molecule has 0 aliphatic carbocycles. The summed E-state index contributed by atoms with van der Waals surface area (Å²) >= 11 is 5.81. The van der Waals surface area contributed by atoms with Gasteiger partial charge in [0, 0.05) is 12.6 Å². The van der Waals surface area contributed by atoms with E-state index < -0.39 is 0 Å². The summed E-state index contributed by atoms with van der Waals surface area (Å²) in [7, 11) is 1.82. The quantitative estimate of drug-likeness (QED) is 0.765. The SMILES string of the molecule is Cn1cc(COc2ccccc2CCl)nn1. The van der Waals surface area contributed by atoms with Gasteiger partial charge < -0.3 is 4.74 Å². The zero-order valence-corrected chi connectivity index (χ0v) is 9.68. The van der Waals surface area contributed by atoms with Crippen LogP contribution in [0.1, 0.15) is 11.3 Å². The molecule has 0 bridgehead atoms. The molecule has 16 heavy (non-hydrogen) atoms. The summed E-state index contributed by atoms with van der Waals surface area (Å²) in [4.78, 5) is 0. The van der Waals surface area contributed by atoms with E-state index in [-0.39, 0.29) is 0 Å². The molecule has 0 amide bonds. The number of benzene rings is 1. The van der Waals surface area contributed by atoms with E-state index in [0.717, 1.165) is 17.0 Å². The van der Waals surface area contributed by atoms with Crippen LogP contribution in [0.25, 0.3) is 0 Å². The first-order valence-corrected chi connectivity index (χ1v) is 5.45. The normalized spacial score (nSPS) is 10.4. The third-order valence-corrected chi connectivity index (χ3v) is 2.43. The van der Waals surface area contributed by atoms with Gasteiger partial charge in [0.25, 0.3) is 0 Å². The van der Waals surface area contributed by atoms with Gasteiger partial charge in [0.2, 0.25) is 0 Å². The molecule has 0 saturated heterocycles. The van der Waals surface area contributed by atoms with E-state index in [1.807, 2.05) is 37.5 Å².